The molecule has 0 bridgehead atoms. The highest BCUT2D eigenvalue weighted by molar-refractivity contribution is 7.89. The number of sulfonamides is 1. The average Bonchev–Trinajstić information content (AvgIpc) is 1.77. The molecule has 6 heteroatoms. The molecule has 0 saturated carbocycles. The Morgan fingerprint density at radius 2 is 2.09 bits per heavy atom. The van der Waals surface area contributed by atoms with E-state index in [2.05, 4.69) is 5.32 Å². The molecule has 1 fully saturated rings. The molecule has 1 heterocycles. The van der Waals surface area contributed by atoms with Crippen LogP contribution in [0.15, 0.2) is 0 Å². The summed E-state index contributed by atoms with van der Waals surface area (Å²) in [5.74, 6) is -0.135. The first-order valence-electron chi connectivity index (χ1n) is 3.30. The molecular formula is C5H12N2O3S. The van der Waals surface area contributed by atoms with E-state index in [1.54, 1.807) is 0 Å². The van der Waals surface area contributed by atoms with Gasteiger partial charge in [-0.05, 0) is 0 Å². The van der Waals surface area contributed by atoms with Gasteiger partial charge < -0.3 is 10.4 Å². The predicted octanol–water partition coefficient (Wildman–Crippen LogP) is -2.14. The molecule has 4 N–H and O–H groups in total. The van der Waals surface area contributed by atoms with Crippen LogP contribution >= 0.6 is 0 Å². The van der Waals surface area contributed by atoms with E-state index in [4.69, 9.17) is 10.2 Å². The zero-order valence-corrected chi connectivity index (χ0v) is 6.89. The standard InChI is InChI=1S/C5H12N2O3S/c6-11(9,10)4-5(3-8)1-7-2-5/h7-8H,1-4H2,(H2,6,9,10). The maximum Gasteiger partial charge on any atom is 0.209 e. The van der Waals surface area contributed by atoms with Crippen molar-refractivity contribution in [3.05, 3.63) is 0 Å². The van der Waals surface area contributed by atoms with E-state index in [1.807, 2.05) is 0 Å². The summed E-state index contributed by atoms with van der Waals surface area (Å²) in [6.45, 7) is 0.927. The lowest BCUT2D eigenvalue weighted by Gasteiger charge is -2.40. The molecule has 0 aromatic heterocycles. The monoisotopic (exact) mass is 180 g/mol. The van der Waals surface area contributed by atoms with Gasteiger partial charge in [0.15, 0.2) is 0 Å². The third-order valence-corrected chi connectivity index (χ3v) is 2.86. The van der Waals surface area contributed by atoms with Crippen molar-refractivity contribution < 1.29 is 13.5 Å². The van der Waals surface area contributed by atoms with Crippen molar-refractivity contribution in [2.45, 2.75) is 0 Å². The van der Waals surface area contributed by atoms with Crippen LogP contribution < -0.4 is 10.5 Å². The fourth-order valence-electron chi connectivity index (χ4n) is 1.16. The van der Waals surface area contributed by atoms with Gasteiger partial charge >= 0.3 is 0 Å². The van der Waals surface area contributed by atoms with Gasteiger partial charge in [-0.1, -0.05) is 0 Å². The summed E-state index contributed by atoms with van der Waals surface area (Å²) in [6, 6.07) is 0. The molecule has 0 atom stereocenters. The molecule has 0 radical (unpaired) electrons. The Morgan fingerprint density at radius 3 is 2.18 bits per heavy atom. The van der Waals surface area contributed by atoms with Crippen molar-refractivity contribution >= 4 is 10.0 Å². The highest BCUT2D eigenvalue weighted by atomic mass is 32.2. The number of hydrogen-bond acceptors (Lipinski definition) is 4. The topological polar surface area (TPSA) is 92.4 Å². The lowest BCUT2D eigenvalue weighted by Crippen LogP contribution is -2.59. The zero-order chi connectivity index (χ0) is 8.54. The summed E-state index contributed by atoms with van der Waals surface area (Å²) in [4.78, 5) is 0. The first-order valence-corrected chi connectivity index (χ1v) is 5.01. The summed E-state index contributed by atoms with van der Waals surface area (Å²) in [5.41, 5.74) is -0.520. The predicted molar refractivity (Wildman–Crippen MR) is 40.4 cm³/mol. The molecule has 0 aromatic rings. The third kappa shape index (κ3) is 2.13. The Kier molecular flexibility index (Phi) is 2.19. The van der Waals surface area contributed by atoms with Gasteiger partial charge in [0.1, 0.15) is 0 Å². The smallest absolute Gasteiger partial charge is 0.209 e. The van der Waals surface area contributed by atoms with Crippen LogP contribution in [0.5, 0.6) is 0 Å². The SMILES string of the molecule is NS(=O)(=O)CC1(CO)CNC1. The summed E-state index contributed by atoms with van der Waals surface area (Å²) < 4.78 is 21.3. The van der Waals surface area contributed by atoms with Crippen LogP contribution in [0, 0.1) is 5.41 Å². The Bertz CT molecular complexity index is 227. The van der Waals surface area contributed by atoms with Crippen LogP contribution in [-0.2, 0) is 10.0 Å². The van der Waals surface area contributed by atoms with E-state index in [9.17, 15) is 8.42 Å². The molecule has 1 saturated heterocycles. The molecule has 0 unspecified atom stereocenters. The van der Waals surface area contributed by atoms with Gasteiger partial charge in [-0.15, -0.1) is 0 Å². The van der Waals surface area contributed by atoms with E-state index >= 15 is 0 Å². The number of nitrogens with two attached hydrogens (primary N) is 1. The second-order valence-corrected chi connectivity index (χ2v) is 4.68. The minimum atomic E-state index is -3.45. The van der Waals surface area contributed by atoms with Gasteiger partial charge in [0.05, 0.1) is 12.4 Å². The van der Waals surface area contributed by atoms with E-state index in [0.717, 1.165) is 0 Å². The van der Waals surface area contributed by atoms with Crippen LogP contribution in [0.4, 0.5) is 0 Å². The number of primary sulfonamides is 1. The molecule has 1 rings (SSSR count). The molecule has 0 amide bonds. The fraction of sp³-hybridized carbons (Fsp3) is 1.00. The van der Waals surface area contributed by atoms with Crippen molar-refractivity contribution in [1.29, 1.82) is 0 Å². The number of nitrogens with one attached hydrogen (secondary N) is 1. The van der Waals surface area contributed by atoms with Gasteiger partial charge in [0.2, 0.25) is 10.0 Å². The molecule has 1 aliphatic heterocycles. The van der Waals surface area contributed by atoms with Gasteiger partial charge in [-0.3, -0.25) is 0 Å². The number of hydrogen-bond donors (Lipinski definition) is 3. The quantitative estimate of drug-likeness (QED) is 0.462. The number of rotatable bonds is 3. The van der Waals surface area contributed by atoms with Crippen LogP contribution in [-0.4, -0.2) is 39.0 Å². The van der Waals surface area contributed by atoms with Crippen molar-refractivity contribution in [1.82, 2.24) is 5.32 Å². The Balaban J connectivity index is 2.59. The summed E-state index contributed by atoms with van der Waals surface area (Å²) in [7, 11) is -3.45. The number of aliphatic hydroxyl groups excluding tert-OH is 1. The molecule has 0 spiro atoms. The summed E-state index contributed by atoms with van der Waals surface area (Å²) in [6.07, 6.45) is 0. The summed E-state index contributed by atoms with van der Waals surface area (Å²) in [5, 5.41) is 16.6. The molecule has 11 heavy (non-hydrogen) atoms. The molecule has 1 aliphatic rings. The van der Waals surface area contributed by atoms with Crippen molar-refractivity contribution in [2.75, 3.05) is 25.4 Å². The maximum atomic E-state index is 10.6. The zero-order valence-electron chi connectivity index (χ0n) is 6.08. The second-order valence-electron chi connectivity index (χ2n) is 3.07. The molecule has 66 valence electrons. The highest BCUT2D eigenvalue weighted by Gasteiger charge is 2.39. The molecule has 0 aromatic carbocycles. The summed E-state index contributed by atoms with van der Waals surface area (Å²) >= 11 is 0. The van der Waals surface area contributed by atoms with E-state index in [-0.39, 0.29) is 12.4 Å². The van der Waals surface area contributed by atoms with E-state index in [1.165, 1.54) is 0 Å². The van der Waals surface area contributed by atoms with Gasteiger partial charge in [-0.25, -0.2) is 13.6 Å². The van der Waals surface area contributed by atoms with Crippen molar-refractivity contribution in [3.8, 4) is 0 Å². The van der Waals surface area contributed by atoms with Crippen LogP contribution in [0.25, 0.3) is 0 Å². The number of aliphatic hydroxyl groups is 1. The average molecular weight is 180 g/mol. The van der Waals surface area contributed by atoms with E-state index < -0.39 is 15.4 Å². The molecule has 0 aliphatic carbocycles. The first kappa shape index (κ1) is 8.92. The molecular weight excluding hydrogens is 168 g/mol. The minimum absolute atomic E-state index is 0.129. The molecule has 5 nitrogen and oxygen atoms in total. The Labute approximate surface area is 65.6 Å². The second kappa shape index (κ2) is 2.71. The Morgan fingerprint density at radius 1 is 1.55 bits per heavy atom. The van der Waals surface area contributed by atoms with Crippen LogP contribution in [0.1, 0.15) is 0 Å². The van der Waals surface area contributed by atoms with Crippen LogP contribution in [0.2, 0.25) is 0 Å². The highest BCUT2D eigenvalue weighted by Crippen LogP contribution is 2.22. The first-order chi connectivity index (χ1) is 4.97. The van der Waals surface area contributed by atoms with E-state index in [0.29, 0.717) is 13.1 Å². The van der Waals surface area contributed by atoms with Gasteiger partial charge in [0, 0.05) is 18.5 Å². The largest absolute Gasteiger partial charge is 0.396 e. The van der Waals surface area contributed by atoms with Crippen molar-refractivity contribution in [2.24, 2.45) is 10.6 Å². The lowest BCUT2D eigenvalue weighted by molar-refractivity contribution is 0.0899. The maximum absolute atomic E-state index is 10.6. The Hall–Kier alpha value is -0.170. The van der Waals surface area contributed by atoms with Gasteiger partial charge in [0.25, 0.3) is 0 Å². The van der Waals surface area contributed by atoms with Gasteiger partial charge in [-0.2, -0.15) is 0 Å². The normalized spacial score (nSPS) is 22.7. The fourth-order valence-corrected chi connectivity index (χ4v) is 2.31. The minimum Gasteiger partial charge on any atom is -0.396 e. The van der Waals surface area contributed by atoms with Crippen LogP contribution in [0.3, 0.4) is 0 Å². The van der Waals surface area contributed by atoms with Crippen molar-refractivity contribution in [3.63, 3.8) is 0 Å². The third-order valence-electron chi connectivity index (χ3n) is 1.84. The lowest BCUT2D eigenvalue weighted by atomic mass is 9.85.